The lowest BCUT2D eigenvalue weighted by molar-refractivity contribution is -0.148. The van der Waals surface area contributed by atoms with Crippen LogP contribution in [0.5, 0.6) is 5.88 Å². The first kappa shape index (κ1) is 19.7. The number of rotatable bonds is 5. The summed E-state index contributed by atoms with van der Waals surface area (Å²) < 4.78 is 5.91. The molecule has 31 heavy (non-hydrogen) atoms. The van der Waals surface area contributed by atoms with Crippen molar-refractivity contribution >= 4 is 12.1 Å². The highest BCUT2D eigenvalue weighted by atomic mass is 16.5. The monoisotopic (exact) mass is 415 g/mol. The Balaban J connectivity index is 1.24. The van der Waals surface area contributed by atoms with Gasteiger partial charge in [0.25, 0.3) is 0 Å². The van der Waals surface area contributed by atoms with E-state index in [1.54, 1.807) is 17.1 Å². The first-order valence-corrected chi connectivity index (χ1v) is 10.9. The number of aryl methyl sites for hydroxylation is 1. The summed E-state index contributed by atoms with van der Waals surface area (Å²) in [6, 6.07) is 9.42. The molecule has 3 atom stereocenters. The fourth-order valence-electron chi connectivity index (χ4n) is 5.08. The maximum atomic E-state index is 13.5. The van der Waals surface area contributed by atoms with Crippen LogP contribution in [0.2, 0.25) is 0 Å². The molecule has 2 aromatic heterocycles. The van der Waals surface area contributed by atoms with Gasteiger partial charge in [-0.25, -0.2) is 9.99 Å². The highest BCUT2D eigenvalue weighted by Gasteiger charge is 2.50. The van der Waals surface area contributed by atoms with Gasteiger partial charge in [0.05, 0.1) is 17.9 Å². The van der Waals surface area contributed by atoms with Crippen molar-refractivity contribution in [3.8, 4) is 11.9 Å². The summed E-state index contributed by atoms with van der Waals surface area (Å²) in [7, 11) is 0. The number of aromatic nitrogens is 2. The van der Waals surface area contributed by atoms with Gasteiger partial charge < -0.3 is 4.74 Å². The topological polar surface area (TPSA) is 91.5 Å². The van der Waals surface area contributed by atoms with Gasteiger partial charge in [-0.15, -0.1) is 0 Å². The number of carbonyl (C=O) groups excluding carboxylic acids is 1. The summed E-state index contributed by atoms with van der Waals surface area (Å²) in [4.78, 5) is 22.2. The second-order valence-corrected chi connectivity index (χ2v) is 8.89. The molecule has 0 radical (unpaired) electrons. The summed E-state index contributed by atoms with van der Waals surface area (Å²) in [5.74, 6) is 2.02. The second-order valence-electron chi connectivity index (χ2n) is 8.89. The Bertz CT molecular complexity index is 1020. The Morgan fingerprint density at radius 2 is 2.03 bits per heavy atom. The quantitative estimate of drug-likeness (QED) is 0.743. The molecule has 0 spiro atoms. The number of fused-ring (bicyclic) bond motifs is 2. The van der Waals surface area contributed by atoms with Gasteiger partial charge in [0.1, 0.15) is 12.1 Å². The number of hydrogen-bond donors (Lipinski definition) is 0. The van der Waals surface area contributed by atoms with E-state index in [1.807, 2.05) is 31.5 Å². The van der Waals surface area contributed by atoms with Gasteiger partial charge in [-0.2, -0.15) is 10.4 Å². The van der Waals surface area contributed by atoms with Crippen LogP contribution in [-0.2, 0) is 4.79 Å². The number of carbonyl (C=O) groups is 1. The van der Waals surface area contributed by atoms with E-state index in [0.717, 1.165) is 30.5 Å². The third-order valence-electron chi connectivity index (χ3n) is 6.96. The van der Waals surface area contributed by atoms with Crippen LogP contribution in [0.15, 0.2) is 41.8 Å². The zero-order chi connectivity index (χ0) is 21.4. The summed E-state index contributed by atoms with van der Waals surface area (Å²) in [6.45, 7) is 2.56. The molecule has 0 aromatic carbocycles. The van der Waals surface area contributed by atoms with Crippen molar-refractivity contribution in [1.82, 2.24) is 15.0 Å². The third-order valence-corrected chi connectivity index (χ3v) is 6.96. The number of hydrogen-bond acceptors (Lipinski definition) is 6. The molecular weight excluding hydrogens is 390 g/mol. The maximum Gasteiger partial charge on any atom is 0.246 e. The Morgan fingerprint density at radius 3 is 2.74 bits per heavy atom. The van der Waals surface area contributed by atoms with Gasteiger partial charge in [-0.1, -0.05) is 6.07 Å². The minimum atomic E-state index is -0.108. The van der Waals surface area contributed by atoms with E-state index in [9.17, 15) is 4.79 Å². The zero-order valence-corrected chi connectivity index (χ0v) is 17.5. The fraction of sp³-hybridized carbons (Fsp3) is 0.458. The SMILES string of the molecule is Cc1ccc(C2CC=NN2C(=O)[C@H]2C[C@@H](COc3ccc(C#N)cn3)C3CC2C3)nc1. The molecule has 0 N–H and O–H groups in total. The number of amides is 1. The highest BCUT2D eigenvalue weighted by molar-refractivity contribution is 5.82. The van der Waals surface area contributed by atoms with Gasteiger partial charge in [0.15, 0.2) is 0 Å². The van der Waals surface area contributed by atoms with Crippen molar-refractivity contribution in [2.75, 3.05) is 6.61 Å². The van der Waals surface area contributed by atoms with E-state index >= 15 is 0 Å². The first-order valence-electron chi connectivity index (χ1n) is 10.9. The van der Waals surface area contributed by atoms with Crippen molar-refractivity contribution in [2.24, 2.45) is 28.8 Å². The van der Waals surface area contributed by atoms with Crippen LogP contribution in [-0.4, -0.2) is 33.7 Å². The largest absolute Gasteiger partial charge is 0.477 e. The Morgan fingerprint density at radius 1 is 1.16 bits per heavy atom. The smallest absolute Gasteiger partial charge is 0.246 e. The molecule has 0 saturated heterocycles. The van der Waals surface area contributed by atoms with Crippen molar-refractivity contribution in [2.45, 2.75) is 38.6 Å². The highest BCUT2D eigenvalue weighted by Crippen LogP contribution is 2.53. The number of ether oxygens (including phenoxy) is 1. The fourth-order valence-corrected chi connectivity index (χ4v) is 5.08. The molecule has 3 saturated carbocycles. The van der Waals surface area contributed by atoms with E-state index in [2.05, 4.69) is 21.1 Å². The lowest BCUT2D eigenvalue weighted by atomic mass is 9.55. The Labute approximate surface area is 181 Å². The Hall–Kier alpha value is -3.27. The molecular formula is C24H25N5O2. The number of nitrogens with zero attached hydrogens (tertiary/aromatic N) is 5. The van der Waals surface area contributed by atoms with E-state index in [0.29, 0.717) is 42.2 Å². The van der Waals surface area contributed by atoms with E-state index in [1.165, 1.54) is 6.20 Å². The van der Waals surface area contributed by atoms with Gasteiger partial charge in [0, 0.05) is 37.0 Å². The molecule has 158 valence electrons. The molecule has 4 aliphatic rings. The number of pyridine rings is 2. The molecule has 3 fully saturated rings. The second kappa shape index (κ2) is 8.10. The predicted molar refractivity (Wildman–Crippen MR) is 114 cm³/mol. The summed E-state index contributed by atoms with van der Waals surface area (Å²) in [5, 5.41) is 15.0. The van der Waals surface area contributed by atoms with Gasteiger partial charge in [-0.3, -0.25) is 9.78 Å². The molecule has 6 rings (SSSR count). The van der Waals surface area contributed by atoms with Crippen molar-refractivity contribution in [3.63, 3.8) is 0 Å². The summed E-state index contributed by atoms with van der Waals surface area (Å²) >= 11 is 0. The Kier molecular flexibility index (Phi) is 5.14. The first-order chi connectivity index (χ1) is 15.1. The van der Waals surface area contributed by atoms with Crippen LogP contribution < -0.4 is 4.74 Å². The van der Waals surface area contributed by atoms with Gasteiger partial charge in [0.2, 0.25) is 11.8 Å². The lowest BCUT2D eigenvalue weighted by Crippen LogP contribution is -2.50. The molecule has 2 aromatic rings. The maximum absolute atomic E-state index is 13.5. The zero-order valence-electron chi connectivity index (χ0n) is 17.5. The van der Waals surface area contributed by atoms with Crippen LogP contribution >= 0.6 is 0 Å². The molecule has 1 unspecified atom stereocenters. The van der Waals surface area contributed by atoms with Crippen LogP contribution in [0.25, 0.3) is 0 Å². The van der Waals surface area contributed by atoms with E-state index in [-0.39, 0.29) is 17.9 Å². The van der Waals surface area contributed by atoms with Gasteiger partial charge in [-0.05, 0) is 61.6 Å². The average molecular weight is 415 g/mol. The molecule has 7 nitrogen and oxygen atoms in total. The van der Waals surface area contributed by atoms with Crippen molar-refractivity contribution < 1.29 is 9.53 Å². The molecule has 7 heteroatoms. The molecule has 3 heterocycles. The van der Waals surface area contributed by atoms with Crippen molar-refractivity contribution in [1.29, 1.82) is 5.26 Å². The summed E-state index contributed by atoms with van der Waals surface area (Å²) in [6.07, 6.45) is 8.88. The standard InChI is InChI=1S/C24H25N5O2/c1-15-2-4-21(26-12-15)22-6-7-28-29(22)24(30)20-10-19(17-8-18(20)9-17)14-31-23-5-3-16(11-25)13-27-23/h2-5,7,12-13,17-20,22H,6,8-10,14H2,1H3/t17?,18?,19-,20-,22?/m0/s1. The van der Waals surface area contributed by atoms with E-state index < -0.39 is 0 Å². The van der Waals surface area contributed by atoms with Crippen LogP contribution in [0.3, 0.4) is 0 Å². The van der Waals surface area contributed by atoms with Gasteiger partial charge >= 0.3 is 0 Å². The summed E-state index contributed by atoms with van der Waals surface area (Å²) in [5.41, 5.74) is 2.51. The predicted octanol–water partition coefficient (Wildman–Crippen LogP) is 3.66. The van der Waals surface area contributed by atoms with Crippen LogP contribution in [0.4, 0.5) is 0 Å². The third kappa shape index (κ3) is 3.78. The molecule has 2 bridgehead atoms. The lowest BCUT2D eigenvalue weighted by Gasteiger charge is -2.51. The average Bonchev–Trinajstić information content (AvgIpc) is 3.27. The molecule has 3 aliphatic carbocycles. The number of nitriles is 1. The molecule has 1 amide bonds. The number of hydrazone groups is 1. The minimum Gasteiger partial charge on any atom is -0.477 e. The van der Waals surface area contributed by atoms with Crippen LogP contribution in [0.1, 0.15) is 48.5 Å². The minimum absolute atomic E-state index is 0.0178. The van der Waals surface area contributed by atoms with Crippen LogP contribution in [0, 0.1) is 41.9 Å². The normalized spacial score (nSPS) is 28.6. The van der Waals surface area contributed by atoms with Crippen molar-refractivity contribution in [3.05, 3.63) is 53.5 Å². The molecule has 1 aliphatic heterocycles. The van der Waals surface area contributed by atoms with E-state index in [4.69, 9.17) is 10.00 Å².